The number of hydrogen-bond donors (Lipinski definition) is 1. The van der Waals surface area contributed by atoms with Gasteiger partial charge in [-0.1, -0.05) is 32.9 Å². The highest BCUT2D eigenvalue weighted by Crippen LogP contribution is 2.22. The van der Waals surface area contributed by atoms with Crippen LogP contribution in [-0.2, 0) is 4.79 Å². The second-order valence-electron chi connectivity index (χ2n) is 5.14. The highest BCUT2D eigenvalue weighted by molar-refractivity contribution is 5.94. The summed E-state index contributed by atoms with van der Waals surface area (Å²) in [4.78, 5) is 13.9. The Hall–Kier alpha value is -1.35. The molecule has 0 bridgehead atoms. The molecule has 1 rings (SSSR count). The van der Waals surface area contributed by atoms with Crippen molar-refractivity contribution in [2.45, 2.75) is 39.5 Å². The first kappa shape index (κ1) is 15.7. The maximum Gasteiger partial charge on any atom is 0.231 e. The molecule has 0 fully saturated rings. The maximum absolute atomic E-state index is 12.2. The molecule has 0 aliphatic rings. The molecule has 0 heterocycles. The van der Waals surface area contributed by atoms with Crippen LogP contribution in [0.4, 0.5) is 5.69 Å². The Labute approximate surface area is 116 Å². The molecule has 3 nitrogen and oxygen atoms in total. The van der Waals surface area contributed by atoms with Crippen LogP contribution in [0, 0.1) is 5.92 Å². The van der Waals surface area contributed by atoms with Gasteiger partial charge in [-0.3, -0.25) is 4.79 Å². The molecule has 3 heteroatoms. The van der Waals surface area contributed by atoms with E-state index in [1.54, 1.807) is 4.90 Å². The second kappa shape index (κ2) is 7.29. The van der Waals surface area contributed by atoms with Crippen molar-refractivity contribution < 1.29 is 4.79 Å². The summed E-state index contributed by atoms with van der Waals surface area (Å²) >= 11 is 0. The van der Waals surface area contributed by atoms with Gasteiger partial charge < -0.3 is 10.6 Å². The molecule has 0 saturated carbocycles. The highest BCUT2D eigenvalue weighted by Gasteiger charge is 2.19. The third kappa shape index (κ3) is 3.80. The standard InChI is InChI=1S/C16H26N2O/c1-5-12(3)14-7-9-15(10-8-14)18(4)16(19)13(6-2)11-17/h7-10,12-13H,5-6,11,17H2,1-4H3. The Kier molecular flexibility index (Phi) is 6.03. The van der Waals surface area contributed by atoms with Crippen LogP contribution in [0.1, 0.15) is 45.1 Å². The summed E-state index contributed by atoms with van der Waals surface area (Å²) in [6.45, 7) is 6.80. The molecule has 1 aromatic carbocycles. The number of nitrogens with zero attached hydrogens (tertiary/aromatic N) is 1. The van der Waals surface area contributed by atoms with Crippen LogP contribution in [0.25, 0.3) is 0 Å². The van der Waals surface area contributed by atoms with Crippen LogP contribution >= 0.6 is 0 Å². The summed E-state index contributed by atoms with van der Waals surface area (Å²) in [6, 6.07) is 8.25. The fraction of sp³-hybridized carbons (Fsp3) is 0.562. The van der Waals surface area contributed by atoms with E-state index in [1.807, 2.05) is 26.1 Å². The lowest BCUT2D eigenvalue weighted by Crippen LogP contribution is -2.36. The molecule has 1 amide bonds. The summed E-state index contributed by atoms with van der Waals surface area (Å²) in [7, 11) is 1.82. The zero-order valence-corrected chi connectivity index (χ0v) is 12.5. The van der Waals surface area contributed by atoms with Crippen molar-refractivity contribution in [2.24, 2.45) is 11.7 Å². The largest absolute Gasteiger partial charge is 0.330 e. The van der Waals surface area contributed by atoms with Crippen LogP contribution in [0.5, 0.6) is 0 Å². The number of hydrogen-bond acceptors (Lipinski definition) is 2. The normalized spacial score (nSPS) is 13.9. The number of carbonyl (C=O) groups is 1. The number of rotatable bonds is 6. The smallest absolute Gasteiger partial charge is 0.231 e. The SMILES string of the molecule is CCC(CN)C(=O)N(C)c1ccc(C(C)CC)cc1. The van der Waals surface area contributed by atoms with Gasteiger partial charge in [0.2, 0.25) is 5.91 Å². The first-order chi connectivity index (χ1) is 9.04. The molecule has 0 radical (unpaired) electrons. The quantitative estimate of drug-likeness (QED) is 0.856. The molecule has 2 unspecified atom stereocenters. The molecule has 0 aliphatic carbocycles. The van der Waals surface area contributed by atoms with Gasteiger partial charge in [-0.15, -0.1) is 0 Å². The zero-order valence-electron chi connectivity index (χ0n) is 12.5. The van der Waals surface area contributed by atoms with Gasteiger partial charge in [0.15, 0.2) is 0 Å². The fourth-order valence-electron chi connectivity index (χ4n) is 2.11. The van der Waals surface area contributed by atoms with E-state index in [0.29, 0.717) is 12.5 Å². The number of benzene rings is 1. The van der Waals surface area contributed by atoms with Crippen molar-refractivity contribution in [3.63, 3.8) is 0 Å². The van der Waals surface area contributed by atoms with Crippen LogP contribution in [0.2, 0.25) is 0 Å². The van der Waals surface area contributed by atoms with E-state index >= 15 is 0 Å². The van der Waals surface area contributed by atoms with E-state index in [0.717, 1.165) is 18.5 Å². The van der Waals surface area contributed by atoms with E-state index in [-0.39, 0.29) is 11.8 Å². The van der Waals surface area contributed by atoms with Crippen molar-refractivity contribution in [1.82, 2.24) is 0 Å². The van der Waals surface area contributed by atoms with E-state index < -0.39 is 0 Å². The van der Waals surface area contributed by atoms with E-state index in [9.17, 15) is 4.79 Å². The molecule has 0 spiro atoms. The average Bonchev–Trinajstić information content (AvgIpc) is 2.47. The van der Waals surface area contributed by atoms with Gasteiger partial charge in [0, 0.05) is 19.3 Å². The average molecular weight is 262 g/mol. The van der Waals surface area contributed by atoms with Crippen LogP contribution < -0.4 is 10.6 Å². The van der Waals surface area contributed by atoms with Gasteiger partial charge >= 0.3 is 0 Å². The van der Waals surface area contributed by atoms with Crippen molar-refractivity contribution in [3.8, 4) is 0 Å². The topological polar surface area (TPSA) is 46.3 Å². The van der Waals surface area contributed by atoms with E-state index in [4.69, 9.17) is 5.73 Å². The minimum atomic E-state index is -0.0840. The van der Waals surface area contributed by atoms with E-state index in [2.05, 4.69) is 26.0 Å². The molecular weight excluding hydrogens is 236 g/mol. The minimum Gasteiger partial charge on any atom is -0.330 e. The Bertz CT molecular complexity index is 396. The van der Waals surface area contributed by atoms with E-state index in [1.165, 1.54) is 5.56 Å². The molecule has 0 aromatic heterocycles. The Morgan fingerprint density at radius 2 is 1.79 bits per heavy atom. The zero-order chi connectivity index (χ0) is 14.4. The molecular formula is C16H26N2O. The maximum atomic E-state index is 12.2. The number of amides is 1. The molecule has 2 atom stereocenters. The molecule has 0 aliphatic heterocycles. The summed E-state index contributed by atoms with van der Waals surface area (Å²) in [5.41, 5.74) is 7.89. The van der Waals surface area contributed by atoms with Gasteiger partial charge in [-0.2, -0.15) is 0 Å². The lowest BCUT2D eigenvalue weighted by Gasteiger charge is -2.22. The fourth-order valence-corrected chi connectivity index (χ4v) is 2.11. The molecule has 19 heavy (non-hydrogen) atoms. The number of nitrogens with two attached hydrogens (primary N) is 1. The lowest BCUT2D eigenvalue weighted by molar-refractivity contribution is -0.121. The lowest BCUT2D eigenvalue weighted by atomic mass is 9.98. The third-order valence-electron chi connectivity index (χ3n) is 3.92. The van der Waals surface area contributed by atoms with Gasteiger partial charge in [0.25, 0.3) is 0 Å². The van der Waals surface area contributed by atoms with Crippen LogP contribution in [0.15, 0.2) is 24.3 Å². The van der Waals surface area contributed by atoms with Crippen molar-refractivity contribution in [1.29, 1.82) is 0 Å². The number of carbonyl (C=O) groups excluding carboxylic acids is 1. The summed E-state index contributed by atoms with van der Waals surface area (Å²) in [5.74, 6) is 0.572. The predicted molar refractivity (Wildman–Crippen MR) is 81.4 cm³/mol. The first-order valence-electron chi connectivity index (χ1n) is 7.12. The molecule has 1 aromatic rings. The van der Waals surface area contributed by atoms with Crippen LogP contribution in [0.3, 0.4) is 0 Å². The van der Waals surface area contributed by atoms with Gasteiger partial charge in [0.05, 0.1) is 5.92 Å². The molecule has 106 valence electrons. The molecule has 2 N–H and O–H groups in total. The third-order valence-corrected chi connectivity index (χ3v) is 3.92. The van der Waals surface area contributed by atoms with Gasteiger partial charge in [-0.05, 0) is 36.5 Å². The highest BCUT2D eigenvalue weighted by atomic mass is 16.2. The van der Waals surface area contributed by atoms with Crippen molar-refractivity contribution >= 4 is 11.6 Å². The summed E-state index contributed by atoms with van der Waals surface area (Å²) in [5, 5.41) is 0. The second-order valence-corrected chi connectivity index (χ2v) is 5.14. The molecule has 0 saturated heterocycles. The summed E-state index contributed by atoms with van der Waals surface area (Å²) < 4.78 is 0. The van der Waals surface area contributed by atoms with Crippen molar-refractivity contribution in [3.05, 3.63) is 29.8 Å². The minimum absolute atomic E-state index is 0.0840. The van der Waals surface area contributed by atoms with Crippen LogP contribution in [-0.4, -0.2) is 19.5 Å². The van der Waals surface area contributed by atoms with Gasteiger partial charge in [0.1, 0.15) is 0 Å². The Morgan fingerprint density at radius 3 is 2.21 bits per heavy atom. The first-order valence-corrected chi connectivity index (χ1v) is 7.12. The Balaban J connectivity index is 2.83. The Morgan fingerprint density at radius 1 is 1.21 bits per heavy atom. The van der Waals surface area contributed by atoms with Crippen molar-refractivity contribution in [2.75, 3.05) is 18.5 Å². The summed E-state index contributed by atoms with van der Waals surface area (Å²) in [6.07, 6.45) is 1.91. The monoisotopic (exact) mass is 262 g/mol. The number of anilines is 1. The van der Waals surface area contributed by atoms with Gasteiger partial charge in [-0.25, -0.2) is 0 Å². The predicted octanol–water partition coefficient (Wildman–Crippen LogP) is 3.15.